The van der Waals surface area contributed by atoms with Crippen LogP contribution in [0.25, 0.3) is 10.9 Å². The SMILES string of the molecule is Cc1cc2c3c(n(CC(C)(O)c4cccnc4)c2cc1Cl)CCN1CCCC31. The topological polar surface area (TPSA) is 41.3 Å². The van der Waals surface area contributed by atoms with E-state index in [1.54, 1.807) is 12.4 Å². The molecule has 1 fully saturated rings. The fraction of sp³-hybridized carbons (Fsp3) is 0.435. The summed E-state index contributed by atoms with van der Waals surface area (Å²) in [5, 5.41) is 13.4. The van der Waals surface area contributed by atoms with Crippen molar-refractivity contribution in [3.8, 4) is 0 Å². The van der Waals surface area contributed by atoms with Gasteiger partial charge in [0.2, 0.25) is 0 Å². The number of aryl methyl sites for hydroxylation is 1. The minimum absolute atomic E-state index is 0.497. The Balaban J connectivity index is 1.70. The predicted octanol–water partition coefficient (Wildman–Crippen LogP) is 4.60. The number of aliphatic hydroxyl groups is 1. The van der Waals surface area contributed by atoms with Crippen LogP contribution in [0.4, 0.5) is 0 Å². The largest absolute Gasteiger partial charge is 0.384 e. The minimum Gasteiger partial charge on any atom is -0.384 e. The number of aromatic nitrogens is 2. The van der Waals surface area contributed by atoms with Crippen LogP contribution < -0.4 is 0 Å². The van der Waals surface area contributed by atoms with Gasteiger partial charge in [0.1, 0.15) is 5.60 Å². The van der Waals surface area contributed by atoms with Gasteiger partial charge in [0.05, 0.1) is 12.1 Å². The molecule has 0 amide bonds. The number of halogens is 1. The average molecular weight is 396 g/mol. The smallest absolute Gasteiger partial charge is 0.106 e. The second kappa shape index (κ2) is 6.58. The van der Waals surface area contributed by atoms with Gasteiger partial charge in [-0.1, -0.05) is 17.7 Å². The molecule has 4 nitrogen and oxygen atoms in total. The van der Waals surface area contributed by atoms with Crippen molar-refractivity contribution in [1.29, 1.82) is 0 Å². The van der Waals surface area contributed by atoms with Crippen LogP contribution in [0.5, 0.6) is 0 Å². The van der Waals surface area contributed by atoms with Crippen molar-refractivity contribution in [3.05, 3.63) is 64.1 Å². The lowest BCUT2D eigenvalue weighted by Crippen LogP contribution is -2.33. The maximum atomic E-state index is 11.3. The van der Waals surface area contributed by atoms with Crippen molar-refractivity contribution in [3.63, 3.8) is 0 Å². The van der Waals surface area contributed by atoms with Crippen LogP contribution in [0.3, 0.4) is 0 Å². The second-order valence-corrected chi connectivity index (χ2v) is 8.93. The van der Waals surface area contributed by atoms with Crippen LogP contribution in [0.1, 0.15) is 48.2 Å². The summed E-state index contributed by atoms with van der Waals surface area (Å²) in [6.45, 7) is 6.73. The highest BCUT2D eigenvalue weighted by Crippen LogP contribution is 2.44. The molecule has 5 rings (SSSR count). The van der Waals surface area contributed by atoms with E-state index in [1.165, 1.54) is 36.0 Å². The Kier molecular flexibility index (Phi) is 4.27. The molecule has 2 aromatic heterocycles. The van der Waals surface area contributed by atoms with E-state index in [2.05, 4.69) is 33.5 Å². The van der Waals surface area contributed by atoms with E-state index in [0.717, 1.165) is 34.6 Å². The standard InChI is InChI=1S/C23H26ClN3O/c1-15-11-17-21(12-18(15)24)27(14-23(2,28)16-5-3-8-25-13-16)20-7-10-26-9-4-6-19(26)22(17)20/h3,5,8,11-13,19,28H,4,6-7,9-10,14H2,1-2H3. The monoisotopic (exact) mass is 395 g/mol. The van der Waals surface area contributed by atoms with Gasteiger partial charge in [0.25, 0.3) is 0 Å². The third-order valence-corrected chi connectivity index (χ3v) is 6.98. The number of fused-ring (bicyclic) bond motifs is 5. The van der Waals surface area contributed by atoms with Gasteiger partial charge in [-0.3, -0.25) is 9.88 Å². The summed E-state index contributed by atoms with van der Waals surface area (Å²) in [4.78, 5) is 6.82. The highest BCUT2D eigenvalue weighted by Gasteiger charge is 2.37. The molecule has 5 heteroatoms. The Bertz CT molecular complexity index is 1040. The van der Waals surface area contributed by atoms with Crippen molar-refractivity contribution < 1.29 is 5.11 Å². The fourth-order valence-corrected chi connectivity index (χ4v) is 5.29. The van der Waals surface area contributed by atoms with Crippen LogP contribution in [0, 0.1) is 6.92 Å². The van der Waals surface area contributed by atoms with Gasteiger partial charge in [0.15, 0.2) is 0 Å². The zero-order chi connectivity index (χ0) is 19.5. The molecule has 2 atom stereocenters. The van der Waals surface area contributed by atoms with Gasteiger partial charge in [-0.2, -0.15) is 0 Å². The average Bonchev–Trinajstić information content (AvgIpc) is 3.26. The minimum atomic E-state index is -1.00. The molecule has 3 aromatic rings. The van der Waals surface area contributed by atoms with E-state index in [4.69, 9.17) is 11.6 Å². The van der Waals surface area contributed by atoms with E-state index in [0.29, 0.717) is 12.6 Å². The van der Waals surface area contributed by atoms with Gasteiger partial charge in [-0.05, 0) is 62.6 Å². The lowest BCUT2D eigenvalue weighted by molar-refractivity contribution is 0.0380. The van der Waals surface area contributed by atoms with Gasteiger partial charge in [0, 0.05) is 53.1 Å². The Hall–Kier alpha value is -1.88. The molecular weight excluding hydrogens is 370 g/mol. The Morgan fingerprint density at radius 1 is 1.32 bits per heavy atom. The third kappa shape index (κ3) is 2.78. The van der Waals surface area contributed by atoms with Crippen molar-refractivity contribution in [2.75, 3.05) is 13.1 Å². The molecule has 1 N–H and O–H groups in total. The summed E-state index contributed by atoms with van der Waals surface area (Å²) < 4.78 is 2.32. The van der Waals surface area contributed by atoms with E-state index in [1.807, 2.05) is 19.1 Å². The normalized spacial score (nSPS) is 21.5. The number of nitrogens with zero attached hydrogens (tertiary/aromatic N) is 3. The first-order valence-corrected chi connectivity index (χ1v) is 10.5. The summed E-state index contributed by atoms with van der Waals surface area (Å²) >= 11 is 6.53. The first-order valence-electron chi connectivity index (χ1n) is 10.1. The van der Waals surface area contributed by atoms with Crippen LogP contribution >= 0.6 is 11.6 Å². The first kappa shape index (κ1) is 18.2. The molecule has 0 saturated carbocycles. The number of hydrogen-bond acceptors (Lipinski definition) is 3. The highest BCUT2D eigenvalue weighted by atomic mass is 35.5. The van der Waals surface area contributed by atoms with Gasteiger partial charge in [-0.25, -0.2) is 0 Å². The van der Waals surface area contributed by atoms with Crippen LogP contribution in [-0.2, 0) is 18.6 Å². The van der Waals surface area contributed by atoms with E-state index < -0.39 is 5.60 Å². The van der Waals surface area contributed by atoms with Crippen molar-refractivity contribution in [2.45, 2.75) is 51.3 Å². The summed E-state index contributed by atoms with van der Waals surface area (Å²) in [6, 6.07) is 8.65. The van der Waals surface area contributed by atoms with E-state index in [-0.39, 0.29) is 0 Å². The predicted molar refractivity (Wildman–Crippen MR) is 113 cm³/mol. The summed E-state index contributed by atoms with van der Waals surface area (Å²) in [7, 11) is 0. The quantitative estimate of drug-likeness (QED) is 0.704. The lowest BCUT2D eigenvalue weighted by atomic mass is 9.95. The highest BCUT2D eigenvalue weighted by molar-refractivity contribution is 6.32. The molecule has 0 bridgehead atoms. The van der Waals surface area contributed by atoms with Gasteiger partial charge < -0.3 is 9.67 Å². The number of hydrogen-bond donors (Lipinski definition) is 1. The first-order chi connectivity index (χ1) is 13.5. The molecule has 146 valence electrons. The van der Waals surface area contributed by atoms with E-state index in [9.17, 15) is 5.11 Å². The Morgan fingerprint density at radius 2 is 2.18 bits per heavy atom. The summed E-state index contributed by atoms with van der Waals surface area (Å²) in [5.74, 6) is 0. The lowest BCUT2D eigenvalue weighted by Gasteiger charge is -2.32. The number of rotatable bonds is 3. The van der Waals surface area contributed by atoms with Crippen LogP contribution in [0.15, 0.2) is 36.7 Å². The Labute approximate surface area is 170 Å². The molecule has 1 aromatic carbocycles. The van der Waals surface area contributed by atoms with Crippen LogP contribution in [0.2, 0.25) is 5.02 Å². The number of benzene rings is 1. The molecule has 28 heavy (non-hydrogen) atoms. The van der Waals surface area contributed by atoms with E-state index >= 15 is 0 Å². The summed E-state index contributed by atoms with van der Waals surface area (Å²) in [5.41, 5.74) is 4.91. The molecule has 0 aliphatic carbocycles. The second-order valence-electron chi connectivity index (χ2n) is 8.52. The molecule has 0 spiro atoms. The van der Waals surface area contributed by atoms with Crippen molar-refractivity contribution in [1.82, 2.24) is 14.5 Å². The molecule has 4 heterocycles. The third-order valence-electron chi connectivity index (χ3n) is 6.58. The van der Waals surface area contributed by atoms with Crippen molar-refractivity contribution in [2.24, 2.45) is 0 Å². The molecule has 2 unspecified atom stereocenters. The summed E-state index contributed by atoms with van der Waals surface area (Å²) in [6.07, 6.45) is 6.99. The van der Waals surface area contributed by atoms with Crippen LogP contribution in [-0.4, -0.2) is 32.6 Å². The molecule has 2 aliphatic rings. The van der Waals surface area contributed by atoms with Gasteiger partial charge >= 0.3 is 0 Å². The molecular formula is C23H26ClN3O. The maximum absolute atomic E-state index is 11.3. The molecule has 2 aliphatic heterocycles. The van der Waals surface area contributed by atoms with Gasteiger partial charge in [-0.15, -0.1) is 0 Å². The zero-order valence-corrected chi connectivity index (χ0v) is 17.2. The fourth-order valence-electron chi connectivity index (χ4n) is 5.13. The molecule has 1 saturated heterocycles. The number of pyridine rings is 1. The Morgan fingerprint density at radius 3 is 2.96 bits per heavy atom. The molecule has 0 radical (unpaired) electrons. The maximum Gasteiger partial charge on any atom is 0.106 e. The zero-order valence-electron chi connectivity index (χ0n) is 16.5. The van der Waals surface area contributed by atoms with Crippen molar-refractivity contribution >= 4 is 22.5 Å².